The van der Waals surface area contributed by atoms with Crippen molar-refractivity contribution < 1.29 is 13.9 Å². The molecule has 0 radical (unpaired) electrons. The molecule has 9 heteroatoms. The SMILES string of the molecule is Cc1ccc(-c2nc3ncccc3o2)cc1NC(=O)COc1cc(Cl)c(Cl)cc1Cl. The number of ether oxygens (including phenoxy) is 1. The number of pyridine rings is 1. The van der Waals surface area contributed by atoms with Crippen LogP contribution in [0.15, 0.2) is 53.1 Å². The van der Waals surface area contributed by atoms with Crippen molar-refractivity contribution in [2.45, 2.75) is 6.92 Å². The minimum Gasteiger partial charge on any atom is -0.482 e. The number of anilines is 1. The predicted molar refractivity (Wildman–Crippen MR) is 118 cm³/mol. The van der Waals surface area contributed by atoms with Crippen molar-refractivity contribution in [1.82, 2.24) is 9.97 Å². The number of nitrogens with one attached hydrogen (secondary N) is 1. The summed E-state index contributed by atoms with van der Waals surface area (Å²) in [5.74, 6) is 0.320. The number of benzene rings is 2. The van der Waals surface area contributed by atoms with Gasteiger partial charge in [-0.1, -0.05) is 40.9 Å². The number of aromatic nitrogens is 2. The average Bonchev–Trinajstić information content (AvgIpc) is 3.15. The van der Waals surface area contributed by atoms with Crippen LogP contribution in [0, 0.1) is 6.92 Å². The molecule has 0 saturated heterocycles. The number of carbonyl (C=O) groups excluding carboxylic acids is 1. The van der Waals surface area contributed by atoms with E-state index in [0.717, 1.165) is 5.56 Å². The van der Waals surface area contributed by atoms with Crippen molar-refractivity contribution in [2.24, 2.45) is 0 Å². The summed E-state index contributed by atoms with van der Waals surface area (Å²) >= 11 is 17.9. The van der Waals surface area contributed by atoms with Crippen LogP contribution in [-0.2, 0) is 4.79 Å². The van der Waals surface area contributed by atoms with E-state index in [1.54, 1.807) is 24.4 Å². The molecule has 1 amide bonds. The number of nitrogens with zero attached hydrogens (tertiary/aromatic N) is 2. The quantitative estimate of drug-likeness (QED) is 0.359. The van der Waals surface area contributed by atoms with E-state index in [0.29, 0.717) is 33.4 Å². The summed E-state index contributed by atoms with van der Waals surface area (Å²) in [4.78, 5) is 21.0. The van der Waals surface area contributed by atoms with Gasteiger partial charge < -0.3 is 14.5 Å². The van der Waals surface area contributed by atoms with Crippen molar-refractivity contribution in [2.75, 3.05) is 11.9 Å². The third kappa shape index (κ3) is 4.36. The van der Waals surface area contributed by atoms with Gasteiger partial charge >= 0.3 is 0 Å². The number of amides is 1. The van der Waals surface area contributed by atoms with Gasteiger partial charge in [0, 0.05) is 23.5 Å². The van der Waals surface area contributed by atoms with Crippen molar-refractivity contribution >= 4 is 57.6 Å². The highest BCUT2D eigenvalue weighted by Crippen LogP contribution is 2.34. The molecule has 6 nitrogen and oxygen atoms in total. The Kier molecular flexibility index (Phi) is 5.81. The van der Waals surface area contributed by atoms with E-state index in [2.05, 4.69) is 15.3 Å². The number of hydrogen-bond acceptors (Lipinski definition) is 5. The Morgan fingerprint density at radius 1 is 1.10 bits per heavy atom. The highest BCUT2D eigenvalue weighted by atomic mass is 35.5. The number of hydrogen-bond donors (Lipinski definition) is 1. The van der Waals surface area contributed by atoms with Crippen LogP contribution >= 0.6 is 34.8 Å². The van der Waals surface area contributed by atoms with E-state index < -0.39 is 0 Å². The van der Waals surface area contributed by atoms with Crippen LogP contribution in [0.4, 0.5) is 5.69 Å². The molecule has 152 valence electrons. The zero-order chi connectivity index (χ0) is 21.3. The molecule has 0 bridgehead atoms. The largest absolute Gasteiger partial charge is 0.482 e. The molecular weight excluding hydrogens is 449 g/mol. The molecule has 0 aliphatic carbocycles. The summed E-state index contributed by atoms with van der Waals surface area (Å²) in [7, 11) is 0. The van der Waals surface area contributed by atoms with E-state index in [1.165, 1.54) is 12.1 Å². The van der Waals surface area contributed by atoms with Gasteiger partial charge in [0.25, 0.3) is 5.91 Å². The monoisotopic (exact) mass is 461 g/mol. The fourth-order valence-corrected chi connectivity index (χ4v) is 3.32. The molecule has 4 aromatic rings. The molecule has 4 rings (SSSR count). The lowest BCUT2D eigenvalue weighted by Gasteiger charge is -2.12. The highest BCUT2D eigenvalue weighted by Gasteiger charge is 2.13. The van der Waals surface area contributed by atoms with Crippen LogP contribution in [-0.4, -0.2) is 22.5 Å². The molecular formula is C21H14Cl3N3O3. The minimum absolute atomic E-state index is 0.256. The third-order valence-corrected chi connectivity index (χ3v) is 5.27. The van der Waals surface area contributed by atoms with Gasteiger partial charge in [-0.2, -0.15) is 4.98 Å². The van der Waals surface area contributed by atoms with Crippen molar-refractivity contribution in [3.63, 3.8) is 0 Å². The van der Waals surface area contributed by atoms with Gasteiger partial charge in [0.05, 0.1) is 15.1 Å². The summed E-state index contributed by atoms with van der Waals surface area (Å²) < 4.78 is 11.2. The molecule has 0 aliphatic heterocycles. The van der Waals surface area contributed by atoms with E-state index in [-0.39, 0.29) is 28.3 Å². The Hall–Kier alpha value is -2.80. The van der Waals surface area contributed by atoms with E-state index in [4.69, 9.17) is 44.0 Å². The molecule has 30 heavy (non-hydrogen) atoms. The first kappa shape index (κ1) is 20.5. The molecule has 0 unspecified atom stereocenters. The Morgan fingerprint density at radius 2 is 1.90 bits per heavy atom. The van der Waals surface area contributed by atoms with Gasteiger partial charge in [0.15, 0.2) is 17.8 Å². The van der Waals surface area contributed by atoms with Crippen molar-refractivity contribution in [1.29, 1.82) is 0 Å². The first-order valence-corrected chi connectivity index (χ1v) is 9.94. The lowest BCUT2D eigenvalue weighted by Crippen LogP contribution is -2.20. The number of oxazole rings is 1. The zero-order valence-corrected chi connectivity index (χ0v) is 17.8. The second kappa shape index (κ2) is 8.52. The molecule has 1 N–H and O–H groups in total. The molecule has 0 aliphatic rings. The maximum absolute atomic E-state index is 12.4. The Bertz CT molecular complexity index is 1220. The molecule has 0 fully saturated rings. The molecule has 0 saturated carbocycles. The molecule has 0 atom stereocenters. The number of rotatable bonds is 5. The summed E-state index contributed by atoms with van der Waals surface area (Å²) in [5.41, 5.74) is 3.30. The summed E-state index contributed by atoms with van der Waals surface area (Å²) in [6.45, 7) is 1.62. The second-order valence-electron chi connectivity index (χ2n) is 6.41. The Morgan fingerprint density at radius 3 is 2.70 bits per heavy atom. The first-order valence-electron chi connectivity index (χ1n) is 8.80. The van der Waals surface area contributed by atoms with Crippen LogP contribution in [0.1, 0.15) is 5.56 Å². The smallest absolute Gasteiger partial charge is 0.262 e. The minimum atomic E-state index is -0.364. The molecule has 2 aromatic carbocycles. The summed E-state index contributed by atoms with van der Waals surface area (Å²) in [6.07, 6.45) is 1.65. The van der Waals surface area contributed by atoms with Gasteiger partial charge in [-0.25, -0.2) is 4.98 Å². The van der Waals surface area contributed by atoms with E-state index >= 15 is 0 Å². The van der Waals surface area contributed by atoms with E-state index in [1.807, 2.05) is 19.1 Å². The van der Waals surface area contributed by atoms with Gasteiger partial charge in [-0.15, -0.1) is 0 Å². The molecule has 0 spiro atoms. The fourth-order valence-electron chi connectivity index (χ4n) is 2.73. The number of aryl methyl sites for hydroxylation is 1. The first-order chi connectivity index (χ1) is 14.4. The zero-order valence-electron chi connectivity index (χ0n) is 15.6. The molecule has 2 aromatic heterocycles. The van der Waals surface area contributed by atoms with Crippen LogP contribution in [0.5, 0.6) is 5.75 Å². The molecule has 2 heterocycles. The number of halogens is 3. The fraction of sp³-hybridized carbons (Fsp3) is 0.0952. The summed E-state index contributed by atoms with van der Waals surface area (Å²) in [5, 5.41) is 3.67. The highest BCUT2D eigenvalue weighted by molar-refractivity contribution is 6.43. The van der Waals surface area contributed by atoms with Crippen molar-refractivity contribution in [3.05, 3.63) is 69.3 Å². The van der Waals surface area contributed by atoms with Gasteiger partial charge in [0.2, 0.25) is 5.89 Å². The third-order valence-electron chi connectivity index (χ3n) is 4.26. The topological polar surface area (TPSA) is 77.3 Å². The maximum Gasteiger partial charge on any atom is 0.262 e. The van der Waals surface area contributed by atoms with Gasteiger partial charge in [-0.05, 0) is 42.8 Å². The van der Waals surface area contributed by atoms with Crippen LogP contribution in [0.25, 0.3) is 22.7 Å². The second-order valence-corrected chi connectivity index (χ2v) is 7.63. The summed E-state index contributed by atoms with van der Waals surface area (Å²) in [6, 6.07) is 12.0. The Labute approximate surface area is 186 Å². The van der Waals surface area contributed by atoms with Crippen molar-refractivity contribution in [3.8, 4) is 17.2 Å². The predicted octanol–water partition coefficient (Wildman–Crippen LogP) is 6.18. The Balaban J connectivity index is 1.49. The van der Waals surface area contributed by atoms with Gasteiger partial charge in [-0.3, -0.25) is 4.79 Å². The lowest BCUT2D eigenvalue weighted by molar-refractivity contribution is -0.118. The number of carbonyl (C=O) groups is 1. The number of fused-ring (bicyclic) bond motifs is 1. The van der Waals surface area contributed by atoms with Crippen LogP contribution in [0.3, 0.4) is 0 Å². The van der Waals surface area contributed by atoms with E-state index in [9.17, 15) is 4.79 Å². The average molecular weight is 463 g/mol. The van der Waals surface area contributed by atoms with Crippen LogP contribution in [0.2, 0.25) is 15.1 Å². The van der Waals surface area contributed by atoms with Crippen LogP contribution < -0.4 is 10.1 Å². The standard InChI is InChI=1S/C21H14Cl3N3O3/c1-11-4-5-12(21-27-20-17(30-21)3-2-6-25-20)7-16(11)26-19(28)10-29-18-9-14(23)13(22)8-15(18)24/h2-9H,10H2,1H3,(H,26,28). The normalized spacial score (nSPS) is 10.9. The van der Waals surface area contributed by atoms with Gasteiger partial charge in [0.1, 0.15) is 5.75 Å². The maximum atomic E-state index is 12.4. The lowest BCUT2D eigenvalue weighted by atomic mass is 10.1.